The Morgan fingerprint density at radius 1 is 1.36 bits per heavy atom. The minimum atomic E-state index is -0.309. The Morgan fingerprint density at radius 3 is 2.94 bits per heavy atom. The Morgan fingerprint density at radius 2 is 2.21 bits per heavy atom. The fourth-order valence-corrected chi connectivity index (χ4v) is 5.66. The Labute approximate surface area is 192 Å². The molecule has 0 radical (unpaired) electrons. The zero-order valence-corrected chi connectivity index (χ0v) is 18.9. The van der Waals surface area contributed by atoms with E-state index in [4.69, 9.17) is 0 Å². The van der Waals surface area contributed by atoms with Crippen molar-refractivity contribution in [2.75, 3.05) is 19.6 Å². The van der Waals surface area contributed by atoms with Gasteiger partial charge in [-0.2, -0.15) is 10.5 Å². The number of benzene rings is 1. The molecule has 172 valence electrons. The van der Waals surface area contributed by atoms with Gasteiger partial charge in [0.05, 0.1) is 18.2 Å². The molecule has 0 spiro atoms. The first kappa shape index (κ1) is 21.5. The highest BCUT2D eigenvalue weighted by atomic mass is 16.2. The fourth-order valence-electron chi connectivity index (χ4n) is 5.66. The van der Waals surface area contributed by atoms with Crippen LogP contribution < -0.4 is 0 Å². The average Bonchev–Trinajstić information content (AvgIpc) is 3.62. The molecule has 2 aromatic rings. The molecule has 1 aromatic heterocycles. The molecule has 10 nitrogen and oxygen atoms in total. The van der Waals surface area contributed by atoms with Crippen molar-refractivity contribution in [1.82, 2.24) is 35.3 Å². The number of carbonyl (C=O) groups excluding carboxylic acids is 2. The summed E-state index contributed by atoms with van der Waals surface area (Å²) in [4.78, 5) is 32.1. The number of tetrazole rings is 1. The lowest BCUT2D eigenvalue weighted by atomic mass is 10.0. The molecule has 3 aliphatic heterocycles. The van der Waals surface area contributed by atoms with E-state index in [1.54, 1.807) is 4.90 Å². The molecular formula is C23H28N8O2. The van der Waals surface area contributed by atoms with Crippen LogP contribution >= 0.6 is 0 Å². The van der Waals surface area contributed by atoms with Crippen molar-refractivity contribution in [3.05, 3.63) is 29.8 Å². The number of piperazine rings is 1. The number of nitriles is 1. The van der Waals surface area contributed by atoms with Crippen LogP contribution in [0.4, 0.5) is 0 Å². The van der Waals surface area contributed by atoms with E-state index < -0.39 is 0 Å². The summed E-state index contributed by atoms with van der Waals surface area (Å²) in [5, 5.41) is 23.5. The van der Waals surface area contributed by atoms with Gasteiger partial charge >= 0.3 is 0 Å². The molecule has 2 bridgehead atoms. The number of aromatic amines is 1. The molecule has 10 heteroatoms. The highest BCUT2D eigenvalue weighted by molar-refractivity contribution is 5.86. The first-order valence-corrected chi connectivity index (χ1v) is 11.6. The molecule has 0 saturated carbocycles. The minimum Gasteiger partial charge on any atom is -0.330 e. The van der Waals surface area contributed by atoms with Crippen LogP contribution in [-0.4, -0.2) is 84.9 Å². The van der Waals surface area contributed by atoms with Gasteiger partial charge in [0, 0.05) is 37.2 Å². The van der Waals surface area contributed by atoms with Crippen LogP contribution in [0.25, 0.3) is 11.4 Å². The van der Waals surface area contributed by atoms with Gasteiger partial charge in [0.15, 0.2) is 0 Å². The number of nitrogens with one attached hydrogen (secondary N) is 1. The zero-order valence-electron chi connectivity index (χ0n) is 18.9. The van der Waals surface area contributed by atoms with Crippen LogP contribution in [0.2, 0.25) is 0 Å². The summed E-state index contributed by atoms with van der Waals surface area (Å²) < 4.78 is 0. The molecule has 1 aromatic carbocycles. The normalized spacial score (nSPS) is 26.6. The number of carbonyl (C=O) groups is 2. The van der Waals surface area contributed by atoms with Gasteiger partial charge in [-0.1, -0.05) is 25.1 Å². The third kappa shape index (κ3) is 3.76. The van der Waals surface area contributed by atoms with E-state index in [1.165, 1.54) is 0 Å². The van der Waals surface area contributed by atoms with Crippen molar-refractivity contribution in [3.63, 3.8) is 0 Å². The minimum absolute atomic E-state index is 0.0257. The van der Waals surface area contributed by atoms with Gasteiger partial charge in [-0.25, -0.2) is 0 Å². The third-order valence-electron chi connectivity index (χ3n) is 7.32. The number of fused-ring (bicyclic) bond motifs is 2. The van der Waals surface area contributed by atoms with Gasteiger partial charge in [-0.15, -0.1) is 10.2 Å². The second kappa shape index (κ2) is 8.56. The van der Waals surface area contributed by atoms with Gasteiger partial charge in [-0.3, -0.25) is 14.5 Å². The summed E-state index contributed by atoms with van der Waals surface area (Å²) in [6.07, 6.45) is 2.42. The maximum Gasteiger partial charge on any atom is 0.240 e. The second-order valence-electron chi connectivity index (χ2n) is 9.36. The molecule has 0 aliphatic carbocycles. The summed E-state index contributed by atoms with van der Waals surface area (Å²) in [5.41, 5.74) is 1.89. The molecule has 33 heavy (non-hydrogen) atoms. The van der Waals surface area contributed by atoms with Gasteiger partial charge in [0.2, 0.25) is 17.6 Å². The molecule has 5 atom stereocenters. The number of hydrogen-bond donors (Lipinski definition) is 1. The maximum atomic E-state index is 13.3. The smallest absolute Gasteiger partial charge is 0.240 e. The number of rotatable bonds is 6. The van der Waals surface area contributed by atoms with E-state index in [0.29, 0.717) is 18.9 Å². The molecular weight excluding hydrogens is 420 g/mol. The van der Waals surface area contributed by atoms with Crippen LogP contribution in [0.15, 0.2) is 24.3 Å². The van der Waals surface area contributed by atoms with Crippen molar-refractivity contribution in [2.45, 2.75) is 57.3 Å². The van der Waals surface area contributed by atoms with E-state index in [1.807, 2.05) is 36.1 Å². The van der Waals surface area contributed by atoms with Gasteiger partial charge in [-0.05, 0) is 43.0 Å². The van der Waals surface area contributed by atoms with Crippen LogP contribution in [0.1, 0.15) is 44.7 Å². The summed E-state index contributed by atoms with van der Waals surface area (Å²) in [5.74, 6) is 0.445. The van der Waals surface area contributed by atoms with Crippen molar-refractivity contribution >= 4 is 11.8 Å². The molecule has 4 heterocycles. The highest BCUT2D eigenvalue weighted by Crippen LogP contribution is 2.38. The molecule has 1 N–H and O–H groups in total. The number of H-pyrrole nitrogens is 1. The lowest BCUT2D eigenvalue weighted by Gasteiger charge is -2.38. The van der Waals surface area contributed by atoms with Crippen molar-refractivity contribution < 1.29 is 9.59 Å². The molecule has 3 aliphatic rings. The van der Waals surface area contributed by atoms with E-state index in [0.717, 1.165) is 36.9 Å². The highest BCUT2D eigenvalue weighted by Gasteiger charge is 2.51. The molecule has 3 fully saturated rings. The van der Waals surface area contributed by atoms with Gasteiger partial charge in [0.1, 0.15) is 6.04 Å². The molecule has 0 unspecified atom stereocenters. The summed E-state index contributed by atoms with van der Waals surface area (Å²) >= 11 is 0. The number of nitrogens with zero attached hydrogens (tertiary/aromatic N) is 7. The van der Waals surface area contributed by atoms with Crippen LogP contribution in [0.3, 0.4) is 0 Å². The first-order chi connectivity index (χ1) is 16.0. The standard InChI is InChI=1S/C23H28N8O2/c1-14(22(32)30-8-4-7-18(30)11-24)12-29-13-19-10-20(29)23(33)31(19)15(2)16-5-3-6-17(9-16)21-25-27-28-26-21/h3,5-6,9,14-15,18-20H,4,7-8,10,12-13H2,1-2H3,(H,25,26,27,28)/t14-,15-,18-,19+,20+/m0/s1. The number of amides is 2. The summed E-state index contributed by atoms with van der Waals surface area (Å²) in [7, 11) is 0. The Bertz CT molecular complexity index is 1080. The van der Waals surface area contributed by atoms with E-state index in [9.17, 15) is 14.9 Å². The Hall–Kier alpha value is -3.32. The van der Waals surface area contributed by atoms with Crippen LogP contribution in [-0.2, 0) is 9.59 Å². The van der Waals surface area contributed by atoms with Gasteiger partial charge < -0.3 is 9.80 Å². The quantitative estimate of drug-likeness (QED) is 0.708. The predicted octanol–water partition coefficient (Wildman–Crippen LogP) is 1.36. The summed E-state index contributed by atoms with van der Waals surface area (Å²) in [6.45, 7) is 5.94. The predicted molar refractivity (Wildman–Crippen MR) is 118 cm³/mol. The Kier molecular flexibility index (Phi) is 5.58. The van der Waals surface area contributed by atoms with Crippen LogP contribution in [0.5, 0.6) is 0 Å². The Balaban J connectivity index is 1.24. The largest absolute Gasteiger partial charge is 0.330 e. The average molecular weight is 449 g/mol. The maximum absolute atomic E-state index is 13.3. The zero-order chi connectivity index (χ0) is 23.1. The molecule has 2 amide bonds. The molecule has 5 rings (SSSR count). The van der Waals surface area contributed by atoms with Crippen molar-refractivity contribution in [1.29, 1.82) is 5.26 Å². The first-order valence-electron chi connectivity index (χ1n) is 11.6. The SMILES string of the molecule is C[C@@H](CN1C[C@H]2C[C@@H]1C(=O)N2[C@@H](C)c1cccc(-c2nn[nH]n2)c1)C(=O)N1CCC[C@H]1C#N. The van der Waals surface area contributed by atoms with Crippen LogP contribution in [0, 0.1) is 17.2 Å². The van der Waals surface area contributed by atoms with Gasteiger partial charge in [0.25, 0.3) is 0 Å². The number of likely N-dealkylation sites (tertiary alicyclic amines) is 3. The monoisotopic (exact) mass is 448 g/mol. The van der Waals surface area contributed by atoms with E-state index >= 15 is 0 Å². The fraction of sp³-hybridized carbons (Fsp3) is 0.565. The lowest BCUT2D eigenvalue weighted by molar-refractivity contribution is -0.142. The second-order valence-corrected chi connectivity index (χ2v) is 9.36. The lowest BCUT2D eigenvalue weighted by Crippen LogP contribution is -2.53. The van der Waals surface area contributed by atoms with Crippen molar-refractivity contribution in [2.24, 2.45) is 5.92 Å². The number of hydrogen-bond acceptors (Lipinski definition) is 7. The molecule has 3 saturated heterocycles. The van der Waals surface area contributed by atoms with Crippen molar-refractivity contribution in [3.8, 4) is 17.5 Å². The topological polar surface area (TPSA) is 122 Å². The summed E-state index contributed by atoms with van der Waals surface area (Å²) in [6, 6.07) is 9.72. The third-order valence-corrected chi connectivity index (χ3v) is 7.32. The number of aromatic nitrogens is 4. The van der Waals surface area contributed by atoms with E-state index in [2.05, 4.69) is 38.5 Å². The van der Waals surface area contributed by atoms with E-state index in [-0.39, 0.29) is 41.9 Å².